The summed E-state index contributed by atoms with van der Waals surface area (Å²) >= 11 is 0. The molecule has 0 aliphatic heterocycles. The number of carbonyl (C=O) groups excluding carboxylic acids is 1. The minimum Gasteiger partial charge on any atom is -0.329 e. The lowest BCUT2D eigenvalue weighted by Crippen LogP contribution is -2.39. The van der Waals surface area contributed by atoms with Crippen molar-refractivity contribution in [3.8, 4) is 0 Å². The van der Waals surface area contributed by atoms with Crippen molar-refractivity contribution >= 4 is 11.7 Å². The van der Waals surface area contributed by atoms with E-state index in [1.165, 1.54) is 11.0 Å². The summed E-state index contributed by atoms with van der Waals surface area (Å²) in [4.78, 5) is 13.3. The zero-order valence-electron chi connectivity index (χ0n) is 10.2. The van der Waals surface area contributed by atoms with Gasteiger partial charge >= 0.3 is 6.03 Å². The number of hydrogen-bond donors (Lipinski definition) is 2. The van der Waals surface area contributed by atoms with Crippen molar-refractivity contribution in [3.05, 3.63) is 29.8 Å². The third kappa shape index (κ3) is 3.96. The number of benzene rings is 1. The van der Waals surface area contributed by atoms with Crippen LogP contribution in [0.1, 0.15) is 13.3 Å². The number of nitrogens with two attached hydrogens (primary N) is 1. The minimum absolute atomic E-state index is 0.0421. The van der Waals surface area contributed by atoms with Gasteiger partial charge in [0.15, 0.2) is 0 Å². The van der Waals surface area contributed by atoms with Crippen LogP contribution in [0.25, 0.3) is 0 Å². The van der Waals surface area contributed by atoms with E-state index in [1.54, 1.807) is 0 Å². The number of hydrogen-bond acceptors (Lipinski definition) is 2. The van der Waals surface area contributed by atoms with E-state index in [1.807, 2.05) is 6.92 Å². The highest BCUT2D eigenvalue weighted by Gasteiger charge is 2.13. The number of nitrogens with zero attached hydrogens (tertiary/aromatic N) is 1. The SMILES string of the molecule is CCCN(CCN)C(=O)Nc1ccc(F)cc1F. The van der Waals surface area contributed by atoms with Gasteiger partial charge < -0.3 is 16.0 Å². The molecule has 1 aromatic rings. The van der Waals surface area contributed by atoms with Crippen LogP contribution in [0.15, 0.2) is 18.2 Å². The van der Waals surface area contributed by atoms with Gasteiger partial charge in [-0.05, 0) is 18.6 Å². The Morgan fingerprint density at radius 2 is 2.11 bits per heavy atom. The van der Waals surface area contributed by atoms with Crippen LogP contribution in [0.3, 0.4) is 0 Å². The molecule has 1 rings (SSSR count). The highest BCUT2D eigenvalue weighted by Crippen LogP contribution is 2.15. The van der Waals surface area contributed by atoms with Crippen molar-refractivity contribution in [1.29, 1.82) is 0 Å². The molecular formula is C12H17F2N3O. The highest BCUT2D eigenvalue weighted by molar-refractivity contribution is 5.89. The van der Waals surface area contributed by atoms with Crippen LogP contribution in [0.2, 0.25) is 0 Å². The molecule has 0 fully saturated rings. The lowest BCUT2D eigenvalue weighted by atomic mass is 10.3. The fraction of sp³-hybridized carbons (Fsp3) is 0.417. The summed E-state index contributed by atoms with van der Waals surface area (Å²) in [5, 5.41) is 2.40. The number of anilines is 1. The number of nitrogens with one attached hydrogen (secondary N) is 1. The average molecular weight is 257 g/mol. The molecule has 2 amide bonds. The number of halogens is 2. The summed E-state index contributed by atoms with van der Waals surface area (Å²) in [6.07, 6.45) is 0.777. The Labute approximate surface area is 105 Å². The third-order valence-electron chi connectivity index (χ3n) is 2.35. The fourth-order valence-corrected chi connectivity index (χ4v) is 1.53. The first-order valence-electron chi connectivity index (χ1n) is 5.79. The molecule has 0 spiro atoms. The molecular weight excluding hydrogens is 240 g/mol. The molecule has 1 aromatic carbocycles. The highest BCUT2D eigenvalue weighted by atomic mass is 19.1. The quantitative estimate of drug-likeness (QED) is 0.849. The maximum atomic E-state index is 13.3. The molecule has 0 bridgehead atoms. The monoisotopic (exact) mass is 257 g/mol. The molecule has 0 unspecified atom stereocenters. The summed E-state index contributed by atoms with van der Waals surface area (Å²) in [6.45, 7) is 3.18. The average Bonchev–Trinajstić information content (AvgIpc) is 2.32. The Balaban J connectivity index is 2.72. The molecule has 0 aliphatic rings. The second-order valence-corrected chi connectivity index (χ2v) is 3.83. The van der Waals surface area contributed by atoms with E-state index < -0.39 is 17.7 Å². The van der Waals surface area contributed by atoms with Crippen molar-refractivity contribution in [2.24, 2.45) is 5.73 Å². The lowest BCUT2D eigenvalue weighted by Gasteiger charge is -2.21. The molecule has 0 atom stereocenters. The van der Waals surface area contributed by atoms with Crippen molar-refractivity contribution in [3.63, 3.8) is 0 Å². The summed E-state index contributed by atoms with van der Waals surface area (Å²) in [6, 6.07) is 2.57. The minimum atomic E-state index is -0.799. The van der Waals surface area contributed by atoms with Crippen molar-refractivity contribution in [1.82, 2.24) is 4.90 Å². The van der Waals surface area contributed by atoms with Crippen molar-refractivity contribution in [2.45, 2.75) is 13.3 Å². The Morgan fingerprint density at radius 3 is 2.67 bits per heavy atom. The largest absolute Gasteiger partial charge is 0.329 e. The number of carbonyl (C=O) groups is 1. The Bertz CT molecular complexity index is 406. The van der Waals surface area contributed by atoms with Gasteiger partial charge in [0, 0.05) is 25.7 Å². The molecule has 18 heavy (non-hydrogen) atoms. The maximum absolute atomic E-state index is 13.3. The summed E-state index contributed by atoms with van der Waals surface area (Å²) in [5.41, 5.74) is 5.35. The smallest absolute Gasteiger partial charge is 0.321 e. The Morgan fingerprint density at radius 1 is 1.39 bits per heavy atom. The number of rotatable bonds is 5. The zero-order valence-corrected chi connectivity index (χ0v) is 10.2. The first-order valence-corrected chi connectivity index (χ1v) is 5.79. The third-order valence-corrected chi connectivity index (χ3v) is 2.35. The molecule has 6 heteroatoms. The van der Waals surface area contributed by atoms with Crippen LogP contribution in [0.5, 0.6) is 0 Å². The van der Waals surface area contributed by atoms with Gasteiger partial charge in [-0.2, -0.15) is 0 Å². The molecule has 4 nitrogen and oxygen atoms in total. The first kappa shape index (κ1) is 14.4. The second kappa shape index (κ2) is 6.90. The van der Waals surface area contributed by atoms with Crippen LogP contribution >= 0.6 is 0 Å². The van der Waals surface area contributed by atoms with Gasteiger partial charge in [-0.25, -0.2) is 13.6 Å². The number of amides is 2. The van der Waals surface area contributed by atoms with Crippen LogP contribution in [0, 0.1) is 11.6 Å². The summed E-state index contributed by atoms with van der Waals surface area (Å²) < 4.78 is 26.1. The van der Waals surface area contributed by atoms with Crippen LogP contribution in [-0.4, -0.2) is 30.6 Å². The summed E-state index contributed by atoms with van der Waals surface area (Å²) in [5.74, 6) is -1.48. The van der Waals surface area contributed by atoms with Gasteiger partial charge in [0.1, 0.15) is 11.6 Å². The van der Waals surface area contributed by atoms with Crippen molar-refractivity contribution < 1.29 is 13.6 Å². The van der Waals surface area contributed by atoms with E-state index in [2.05, 4.69) is 5.32 Å². The number of urea groups is 1. The molecule has 0 aliphatic carbocycles. The predicted octanol–water partition coefficient (Wildman–Crippen LogP) is 2.17. The molecule has 0 saturated carbocycles. The van der Waals surface area contributed by atoms with Gasteiger partial charge in [0.05, 0.1) is 5.69 Å². The Kier molecular flexibility index (Phi) is 5.51. The molecule has 0 radical (unpaired) electrons. The zero-order chi connectivity index (χ0) is 13.5. The van der Waals surface area contributed by atoms with Crippen LogP contribution < -0.4 is 11.1 Å². The lowest BCUT2D eigenvalue weighted by molar-refractivity contribution is 0.213. The molecule has 3 N–H and O–H groups in total. The van der Waals surface area contributed by atoms with Gasteiger partial charge in [0.25, 0.3) is 0 Å². The van der Waals surface area contributed by atoms with Crippen molar-refractivity contribution in [2.75, 3.05) is 25.0 Å². The van der Waals surface area contributed by atoms with E-state index in [0.717, 1.165) is 18.6 Å². The Hall–Kier alpha value is -1.69. The van der Waals surface area contributed by atoms with Gasteiger partial charge in [-0.1, -0.05) is 6.92 Å². The second-order valence-electron chi connectivity index (χ2n) is 3.83. The van der Waals surface area contributed by atoms with E-state index in [9.17, 15) is 13.6 Å². The first-order chi connectivity index (χ1) is 8.58. The summed E-state index contributed by atoms with van der Waals surface area (Å²) in [7, 11) is 0. The van der Waals surface area contributed by atoms with Gasteiger partial charge in [-0.15, -0.1) is 0 Å². The van der Waals surface area contributed by atoms with Crippen LogP contribution in [-0.2, 0) is 0 Å². The molecule has 100 valence electrons. The van der Waals surface area contributed by atoms with E-state index in [-0.39, 0.29) is 5.69 Å². The maximum Gasteiger partial charge on any atom is 0.321 e. The normalized spacial score (nSPS) is 10.2. The topological polar surface area (TPSA) is 58.4 Å². The molecule has 0 aromatic heterocycles. The van der Waals surface area contributed by atoms with Gasteiger partial charge in [0.2, 0.25) is 0 Å². The molecule has 0 saturated heterocycles. The molecule has 0 heterocycles. The van der Waals surface area contributed by atoms with Crippen LogP contribution in [0.4, 0.5) is 19.3 Å². The van der Waals surface area contributed by atoms with E-state index in [4.69, 9.17) is 5.73 Å². The predicted molar refractivity (Wildman–Crippen MR) is 66.3 cm³/mol. The van der Waals surface area contributed by atoms with E-state index >= 15 is 0 Å². The van der Waals surface area contributed by atoms with Gasteiger partial charge in [-0.3, -0.25) is 0 Å². The van der Waals surface area contributed by atoms with E-state index in [0.29, 0.717) is 19.6 Å². The standard InChI is InChI=1S/C12H17F2N3O/c1-2-6-17(7-5-15)12(18)16-11-4-3-9(13)8-10(11)14/h3-4,8H,2,5-7,15H2,1H3,(H,16,18). The fourth-order valence-electron chi connectivity index (χ4n) is 1.53.